The van der Waals surface area contributed by atoms with Crippen LogP contribution in [0.1, 0.15) is 25.6 Å². The molecule has 0 aliphatic heterocycles. The molecule has 0 spiro atoms. The molecule has 0 radical (unpaired) electrons. The van der Waals surface area contributed by atoms with E-state index >= 15 is 0 Å². The smallest absolute Gasteiger partial charge is 0.0794 e. The number of hydrogen-bond acceptors (Lipinski definition) is 3. The quantitative estimate of drug-likeness (QED) is 0.811. The molecule has 1 heterocycles. The molecule has 3 heteroatoms. The normalized spacial score (nSPS) is 15.8. The van der Waals surface area contributed by atoms with Gasteiger partial charge in [-0.2, -0.15) is 0 Å². The molecule has 1 aromatic heterocycles. The molecule has 80 valence electrons. The molecular formula is C11H20N2S. The standard InChI is InChI=1S/C11H20N2S/c1-8(2)11(9(3)12-4)5-10-6-13-7-14-10/h6-9,11-12H,5H2,1-4H3. The number of nitrogens with zero attached hydrogens (tertiary/aromatic N) is 1. The summed E-state index contributed by atoms with van der Waals surface area (Å²) in [5.74, 6) is 1.40. The highest BCUT2D eigenvalue weighted by atomic mass is 32.1. The molecule has 2 unspecified atom stereocenters. The van der Waals surface area contributed by atoms with Crippen LogP contribution in [0.4, 0.5) is 0 Å². The first-order valence-corrected chi connectivity index (χ1v) is 6.07. The Hall–Kier alpha value is -0.410. The van der Waals surface area contributed by atoms with Crippen LogP contribution in [0.2, 0.25) is 0 Å². The molecule has 0 saturated carbocycles. The molecule has 0 aliphatic carbocycles. The van der Waals surface area contributed by atoms with Crippen molar-refractivity contribution in [2.24, 2.45) is 11.8 Å². The van der Waals surface area contributed by atoms with Crippen LogP contribution in [0.5, 0.6) is 0 Å². The van der Waals surface area contributed by atoms with Crippen LogP contribution in [-0.2, 0) is 6.42 Å². The third-order valence-corrected chi connectivity index (χ3v) is 3.68. The van der Waals surface area contributed by atoms with E-state index in [4.69, 9.17) is 0 Å². The van der Waals surface area contributed by atoms with Crippen molar-refractivity contribution in [2.45, 2.75) is 33.2 Å². The molecule has 0 bridgehead atoms. The van der Waals surface area contributed by atoms with E-state index in [2.05, 4.69) is 31.1 Å². The number of aromatic nitrogens is 1. The first kappa shape index (κ1) is 11.7. The molecule has 1 N–H and O–H groups in total. The fourth-order valence-corrected chi connectivity index (χ4v) is 2.45. The average molecular weight is 212 g/mol. The zero-order chi connectivity index (χ0) is 10.6. The summed E-state index contributed by atoms with van der Waals surface area (Å²) in [5, 5.41) is 3.34. The van der Waals surface area contributed by atoms with E-state index < -0.39 is 0 Å². The van der Waals surface area contributed by atoms with Crippen molar-refractivity contribution < 1.29 is 0 Å². The van der Waals surface area contributed by atoms with Crippen molar-refractivity contribution in [3.05, 3.63) is 16.6 Å². The fraction of sp³-hybridized carbons (Fsp3) is 0.727. The van der Waals surface area contributed by atoms with Gasteiger partial charge >= 0.3 is 0 Å². The first-order valence-electron chi connectivity index (χ1n) is 5.19. The number of hydrogen-bond donors (Lipinski definition) is 1. The molecule has 1 rings (SSSR count). The summed E-state index contributed by atoms with van der Waals surface area (Å²) < 4.78 is 0. The molecule has 2 nitrogen and oxygen atoms in total. The van der Waals surface area contributed by atoms with Crippen molar-refractivity contribution in [1.82, 2.24) is 10.3 Å². The van der Waals surface area contributed by atoms with Crippen LogP contribution >= 0.6 is 11.3 Å². The van der Waals surface area contributed by atoms with Gasteiger partial charge in [0.05, 0.1) is 5.51 Å². The second kappa shape index (κ2) is 5.47. The van der Waals surface area contributed by atoms with Gasteiger partial charge in [0.25, 0.3) is 0 Å². The monoisotopic (exact) mass is 212 g/mol. The second-order valence-corrected chi connectivity index (χ2v) is 5.13. The summed E-state index contributed by atoms with van der Waals surface area (Å²) in [6.45, 7) is 6.84. The average Bonchev–Trinajstić information content (AvgIpc) is 2.65. The van der Waals surface area contributed by atoms with Gasteiger partial charge in [0.1, 0.15) is 0 Å². The van der Waals surface area contributed by atoms with Crippen LogP contribution in [0.25, 0.3) is 0 Å². The number of thiazole rings is 1. The van der Waals surface area contributed by atoms with E-state index in [-0.39, 0.29) is 0 Å². The molecule has 0 saturated heterocycles. The van der Waals surface area contributed by atoms with Gasteiger partial charge < -0.3 is 5.32 Å². The molecule has 0 fully saturated rings. The second-order valence-electron chi connectivity index (χ2n) is 4.16. The Kier molecular flexibility index (Phi) is 4.55. The summed E-state index contributed by atoms with van der Waals surface area (Å²) in [5.41, 5.74) is 1.91. The van der Waals surface area contributed by atoms with Gasteiger partial charge in [-0.15, -0.1) is 11.3 Å². The number of rotatable bonds is 5. The minimum atomic E-state index is 0.567. The van der Waals surface area contributed by atoms with Crippen molar-refractivity contribution in [3.8, 4) is 0 Å². The summed E-state index contributed by atoms with van der Waals surface area (Å²) in [6, 6.07) is 0.567. The fourth-order valence-electron chi connectivity index (χ4n) is 1.78. The predicted octanol–water partition coefficient (Wildman–Crippen LogP) is 2.57. The van der Waals surface area contributed by atoms with Crippen molar-refractivity contribution in [3.63, 3.8) is 0 Å². The Balaban J connectivity index is 2.60. The molecule has 0 amide bonds. The molecule has 2 atom stereocenters. The van der Waals surface area contributed by atoms with Crippen molar-refractivity contribution in [1.29, 1.82) is 0 Å². The van der Waals surface area contributed by atoms with E-state index in [1.807, 2.05) is 18.8 Å². The SMILES string of the molecule is CNC(C)C(Cc1cncs1)C(C)C. The number of nitrogens with one attached hydrogen (secondary N) is 1. The Morgan fingerprint density at radius 2 is 2.14 bits per heavy atom. The Bertz CT molecular complexity index is 244. The van der Waals surface area contributed by atoms with Crippen LogP contribution in [0.15, 0.2) is 11.7 Å². The first-order chi connectivity index (χ1) is 6.65. The van der Waals surface area contributed by atoms with Gasteiger partial charge in [0.2, 0.25) is 0 Å². The Morgan fingerprint density at radius 1 is 1.43 bits per heavy atom. The lowest BCUT2D eigenvalue weighted by atomic mass is 9.86. The summed E-state index contributed by atoms with van der Waals surface area (Å²) in [6.07, 6.45) is 3.13. The maximum atomic E-state index is 4.12. The van der Waals surface area contributed by atoms with E-state index in [1.54, 1.807) is 11.3 Å². The highest BCUT2D eigenvalue weighted by Crippen LogP contribution is 2.22. The van der Waals surface area contributed by atoms with Gasteiger partial charge in [-0.1, -0.05) is 13.8 Å². The van der Waals surface area contributed by atoms with Crippen LogP contribution in [0, 0.1) is 11.8 Å². The highest BCUT2D eigenvalue weighted by molar-refractivity contribution is 7.09. The van der Waals surface area contributed by atoms with E-state index in [0.717, 1.165) is 6.42 Å². The van der Waals surface area contributed by atoms with Crippen LogP contribution in [-0.4, -0.2) is 18.1 Å². The third kappa shape index (κ3) is 3.07. The Labute approximate surface area is 90.8 Å². The van der Waals surface area contributed by atoms with Gasteiger partial charge in [0.15, 0.2) is 0 Å². The lowest BCUT2D eigenvalue weighted by Crippen LogP contribution is -2.34. The molecule has 0 aromatic carbocycles. The van der Waals surface area contributed by atoms with Gasteiger partial charge in [0, 0.05) is 17.1 Å². The lowest BCUT2D eigenvalue weighted by Gasteiger charge is -2.26. The summed E-state index contributed by atoms with van der Waals surface area (Å²) >= 11 is 1.76. The maximum Gasteiger partial charge on any atom is 0.0794 e. The molecule has 14 heavy (non-hydrogen) atoms. The van der Waals surface area contributed by atoms with Gasteiger partial charge in [-0.3, -0.25) is 4.98 Å². The van der Waals surface area contributed by atoms with Gasteiger partial charge in [-0.05, 0) is 32.2 Å². The molecule has 0 aliphatic rings. The van der Waals surface area contributed by atoms with Crippen molar-refractivity contribution >= 4 is 11.3 Å². The van der Waals surface area contributed by atoms with E-state index in [0.29, 0.717) is 17.9 Å². The predicted molar refractivity (Wildman–Crippen MR) is 62.7 cm³/mol. The zero-order valence-corrected chi connectivity index (χ0v) is 10.3. The topological polar surface area (TPSA) is 24.9 Å². The van der Waals surface area contributed by atoms with Crippen LogP contribution in [0.3, 0.4) is 0 Å². The van der Waals surface area contributed by atoms with Crippen LogP contribution < -0.4 is 5.32 Å². The molecular weight excluding hydrogens is 192 g/mol. The zero-order valence-electron chi connectivity index (χ0n) is 9.45. The van der Waals surface area contributed by atoms with Crippen molar-refractivity contribution in [2.75, 3.05) is 7.05 Å². The Morgan fingerprint density at radius 3 is 2.57 bits per heavy atom. The summed E-state index contributed by atoms with van der Waals surface area (Å²) in [4.78, 5) is 5.51. The maximum absolute atomic E-state index is 4.12. The lowest BCUT2D eigenvalue weighted by molar-refractivity contribution is 0.301. The third-order valence-electron chi connectivity index (χ3n) is 2.87. The summed E-state index contributed by atoms with van der Waals surface area (Å²) in [7, 11) is 2.03. The van der Waals surface area contributed by atoms with Gasteiger partial charge in [-0.25, -0.2) is 0 Å². The highest BCUT2D eigenvalue weighted by Gasteiger charge is 2.20. The molecule has 1 aromatic rings. The van der Waals surface area contributed by atoms with E-state index in [1.165, 1.54) is 4.88 Å². The van der Waals surface area contributed by atoms with E-state index in [9.17, 15) is 0 Å². The minimum absolute atomic E-state index is 0.567. The largest absolute Gasteiger partial charge is 0.317 e. The minimum Gasteiger partial charge on any atom is -0.317 e.